The first-order chi connectivity index (χ1) is 8.37. The lowest BCUT2D eigenvalue weighted by Crippen LogP contribution is -2.34. The van der Waals surface area contributed by atoms with E-state index in [4.69, 9.17) is 16.4 Å². The van der Waals surface area contributed by atoms with Gasteiger partial charge >= 0.3 is 0 Å². The van der Waals surface area contributed by atoms with E-state index in [1.54, 1.807) is 0 Å². The van der Waals surface area contributed by atoms with Crippen LogP contribution in [-0.4, -0.2) is 36.1 Å². The number of likely N-dealkylation sites (N-methyl/N-ethyl adjacent to an activating group) is 1. The first-order valence-corrected chi connectivity index (χ1v) is 1.89. The molecule has 0 saturated carbocycles. The standard InChI is InChI=1S/C6H13NO/c1-7-4-2-3-6(8)5-7/h6,8H,2-5H2,1H3/i1D3,2D2,3D2,4D2,5D2,6D. The van der Waals surface area contributed by atoms with E-state index in [-0.39, 0.29) is 0 Å². The van der Waals surface area contributed by atoms with Crippen LogP contribution in [0.15, 0.2) is 0 Å². The molecule has 1 atom stereocenters. The van der Waals surface area contributed by atoms with E-state index >= 15 is 0 Å². The second-order valence-electron chi connectivity index (χ2n) is 1.16. The van der Waals surface area contributed by atoms with Gasteiger partial charge in [0.15, 0.2) is 0 Å². The van der Waals surface area contributed by atoms with Crippen molar-refractivity contribution in [3.05, 3.63) is 0 Å². The van der Waals surface area contributed by atoms with Crippen LogP contribution in [0.3, 0.4) is 0 Å². The van der Waals surface area contributed by atoms with Gasteiger partial charge in [-0.15, -0.1) is 0 Å². The van der Waals surface area contributed by atoms with Crippen LogP contribution < -0.4 is 0 Å². The highest BCUT2D eigenvalue weighted by Gasteiger charge is 2.12. The van der Waals surface area contributed by atoms with Gasteiger partial charge in [0.1, 0.15) is 0 Å². The molecule has 1 rings (SSSR count). The SMILES string of the molecule is [2H]C([2H])([2H])N1C([2H])([2H])C([2H])([2H])C([2H])([2H])C([2H])(O)C1([2H])[2H]. The van der Waals surface area contributed by atoms with Crippen molar-refractivity contribution in [3.63, 3.8) is 0 Å². The average molecular weight is 127 g/mol. The fourth-order valence-corrected chi connectivity index (χ4v) is 0.305. The molecule has 0 amide bonds. The maximum Gasteiger partial charge on any atom is 0.0667 e. The third kappa shape index (κ3) is 1.46. The minimum atomic E-state index is -3.84. The largest absolute Gasteiger partial charge is 0.392 e. The Labute approximate surface area is 67.0 Å². The molecule has 1 aliphatic rings. The summed E-state index contributed by atoms with van der Waals surface area (Å²) >= 11 is 0. The van der Waals surface area contributed by atoms with Gasteiger partial charge in [0.25, 0.3) is 0 Å². The van der Waals surface area contributed by atoms with Crippen molar-refractivity contribution in [3.8, 4) is 0 Å². The van der Waals surface area contributed by atoms with Crippen LogP contribution in [0, 0.1) is 0 Å². The molecule has 1 aliphatic heterocycles. The van der Waals surface area contributed by atoms with Crippen LogP contribution in [0.25, 0.3) is 0 Å². The smallest absolute Gasteiger partial charge is 0.0667 e. The average Bonchev–Trinajstić information content (AvgIpc) is 2.11. The van der Waals surface area contributed by atoms with E-state index in [9.17, 15) is 5.11 Å². The van der Waals surface area contributed by atoms with Crippen LogP contribution in [0.1, 0.15) is 29.2 Å². The van der Waals surface area contributed by atoms with Crippen molar-refractivity contribution in [1.29, 1.82) is 0 Å². The second-order valence-corrected chi connectivity index (χ2v) is 1.16. The summed E-state index contributed by atoms with van der Waals surface area (Å²) in [6.45, 7) is -10.9. The number of β-amino-alcohol motifs (C(OH)–C–C–N with tert-alkyl or cyclic N) is 1. The molecule has 1 unspecified atom stereocenters. The summed E-state index contributed by atoms with van der Waals surface area (Å²) in [5.41, 5.74) is 0. The Kier molecular flexibility index (Phi) is 0.294. The van der Waals surface area contributed by atoms with Gasteiger partial charge in [-0.3, -0.25) is 0 Å². The molecule has 1 N–H and O–H groups in total. The van der Waals surface area contributed by atoms with E-state index in [1.165, 1.54) is 0 Å². The van der Waals surface area contributed by atoms with E-state index in [0.717, 1.165) is 0 Å². The van der Waals surface area contributed by atoms with Crippen molar-refractivity contribution in [2.24, 2.45) is 0 Å². The van der Waals surface area contributed by atoms with E-state index in [1.807, 2.05) is 0 Å². The molecule has 1 fully saturated rings. The predicted octanol–water partition coefficient (Wildman–Crippen LogP) is 0.0729. The highest BCUT2D eigenvalue weighted by Crippen LogP contribution is 2.06. The molecular weight excluding hydrogens is 102 g/mol. The topological polar surface area (TPSA) is 23.5 Å². The van der Waals surface area contributed by atoms with Crippen LogP contribution in [0.4, 0.5) is 0 Å². The molecule has 0 aromatic heterocycles. The van der Waals surface area contributed by atoms with Crippen molar-refractivity contribution in [2.75, 3.05) is 20.0 Å². The fourth-order valence-electron chi connectivity index (χ4n) is 0.305. The Morgan fingerprint density at radius 1 is 2.12 bits per heavy atom. The Balaban J connectivity index is 3.74. The molecule has 1 heterocycles. The van der Waals surface area contributed by atoms with Crippen molar-refractivity contribution >= 4 is 0 Å². The van der Waals surface area contributed by atoms with Gasteiger partial charge in [0.2, 0.25) is 0 Å². The van der Waals surface area contributed by atoms with Crippen LogP contribution in [-0.2, 0) is 0 Å². The zero-order valence-corrected chi connectivity index (χ0v) is 3.89. The Bertz CT molecular complexity index is 381. The van der Waals surface area contributed by atoms with E-state index in [2.05, 4.69) is 0 Å². The second kappa shape index (κ2) is 2.46. The number of hydrogen-bond donors (Lipinski definition) is 1. The van der Waals surface area contributed by atoms with Gasteiger partial charge in [0, 0.05) is 21.6 Å². The van der Waals surface area contributed by atoms with Crippen molar-refractivity contribution < 1.29 is 21.6 Å². The van der Waals surface area contributed by atoms with Gasteiger partial charge in [-0.05, 0) is 26.2 Å². The molecule has 0 radical (unpaired) electrons. The quantitative estimate of drug-likeness (QED) is 0.498. The molecule has 0 aliphatic carbocycles. The molecule has 0 bridgehead atoms. The lowest BCUT2D eigenvalue weighted by Gasteiger charge is -2.25. The van der Waals surface area contributed by atoms with Gasteiger partial charge in [-0.2, -0.15) is 0 Å². The molecular formula is C6H13NO. The number of rotatable bonds is 0. The zero-order chi connectivity index (χ0) is 16.6. The molecule has 2 heteroatoms. The molecule has 2 nitrogen and oxygen atoms in total. The lowest BCUT2D eigenvalue weighted by atomic mass is 10.1. The number of likely N-dealkylation sites (tertiary alicyclic amines) is 1. The summed E-state index contributed by atoms with van der Waals surface area (Å²) in [5, 5.41) is 9.75. The van der Waals surface area contributed by atoms with Crippen molar-refractivity contribution in [1.82, 2.24) is 4.90 Å². The fraction of sp³-hybridized carbons (Fsp3) is 1.00. The third-order valence-corrected chi connectivity index (χ3v) is 0.566. The highest BCUT2D eigenvalue weighted by molar-refractivity contribution is 4.67. The lowest BCUT2D eigenvalue weighted by molar-refractivity contribution is 0.0846. The van der Waals surface area contributed by atoms with Crippen LogP contribution >= 0.6 is 0 Å². The minimum Gasteiger partial charge on any atom is -0.392 e. The third-order valence-electron chi connectivity index (χ3n) is 0.566. The number of aliphatic hydroxyl groups is 1. The highest BCUT2D eigenvalue weighted by atomic mass is 16.3. The zero-order valence-electron chi connectivity index (χ0n) is 15.9. The molecule has 1 saturated heterocycles. The molecule has 48 valence electrons. The van der Waals surface area contributed by atoms with Gasteiger partial charge in [-0.25, -0.2) is 0 Å². The Morgan fingerprint density at radius 2 is 3.00 bits per heavy atom. The normalized spacial score (nSPS) is 91.1. The summed E-state index contributed by atoms with van der Waals surface area (Å²) in [4.78, 5) is -0.610. The number of nitrogens with zero attached hydrogens (tertiary/aromatic N) is 1. The maximum atomic E-state index is 9.75. The molecule has 0 spiro atoms. The van der Waals surface area contributed by atoms with E-state index in [0.29, 0.717) is 0 Å². The summed E-state index contributed by atoms with van der Waals surface area (Å²) in [7, 11) is 0. The minimum absolute atomic E-state index is 0.610. The van der Waals surface area contributed by atoms with Gasteiger partial charge in [0.05, 0.1) is 7.45 Å². The first kappa shape index (κ1) is 0.956. The van der Waals surface area contributed by atoms with Crippen LogP contribution in [0.5, 0.6) is 0 Å². The maximum absolute atomic E-state index is 9.75. The van der Waals surface area contributed by atoms with E-state index < -0.39 is 43.7 Å². The summed E-state index contributed by atoms with van der Waals surface area (Å²) in [6.07, 6.45) is -11.2. The van der Waals surface area contributed by atoms with Gasteiger partial charge < -0.3 is 10.0 Å². The van der Waals surface area contributed by atoms with Crippen molar-refractivity contribution in [2.45, 2.75) is 18.8 Å². The number of piperidine rings is 1. The van der Waals surface area contributed by atoms with Gasteiger partial charge in [-0.1, -0.05) is 0 Å². The summed E-state index contributed by atoms with van der Waals surface area (Å²) in [6, 6.07) is 0. The first-order valence-electron chi connectivity index (χ1n) is 7.89. The number of hydrogen-bond acceptors (Lipinski definition) is 2. The molecule has 0 aromatic carbocycles. The predicted molar refractivity (Wildman–Crippen MR) is 32.7 cm³/mol. The summed E-state index contributed by atoms with van der Waals surface area (Å²) < 4.78 is 88.4. The Hall–Kier alpha value is -0.0800. The monoisotopic (exact) mass is 127 g/mol. The van der Waals surface area contributed by atoms with Crippen LogP contribution in [0.2, 0.25) is 0 Å². The molecule has 0 aromatic rings. The Morgan fingerprint density at radius 3 is 3.75 bits per heavy atom. The molecule has 8 heavy (non-hydrogen) atoms. The summed E-state index contributed by atoms with van der Waals surface area (Å²) in [5.74, 6) is 0.